The van der Waals surface area contributed by atoms with Crippen molar-refractivity contribution in [1.29, 1.82) is 0 Å². The molecule has 1 heterocycles. The van der Waals surface area contributed by atoms with Crippen molar-refractivity contribution in [2.24, 2.45) is 0 Å². The standard InChI is InChI=1S/C5H9I2NO/c6-8-3-1-5(9-7)2-4-8/h5H,1-4H2. The normalized spacial score (nSPS) is 24.7. The number of halogens is 2. The highest BCUT2D eigenvalue weighted by Crippen LogP contribution is 2.17. The van der Waals surface area contributed by atoms with E-state index < -0.39 is 0 Å². The summed E-state index contributed by atoms with van der Waals surface area (Å²) in [6.45, 7) is 2.35. The first-order chi connectivity index (χ1) is 4.33. The van der Waals surface area contributed by atoms with E-state index in [4.69, 9.17) is 3.07 Å². The lowest BCUT2D eigenvalue weighted by atomic mass is 10.1. The van der Waals surface area contributed by atoms with Gasteiger partial charge in [0.1, 0.15) is 23.0 Å². The molecule has 0 amide bonds. The molecule has 0 aliphatic carbocycles. The molecule has 0 spiro atoms. The van der Waals surface area contributed by atoms with Crippen LogP contribution in [-0.4, -0.2) is 22.3 Å². The summed E-state index contributed by atoms with van der Waals surface area (Å²) >= 11 is 4.35. The summed E-state index contributed by atoms with van der Waals surface area (Å²) in [6.07, 6.45) is 2.88. The molecule has 4 heteroatoms. The molecule has 0 saturated carbocycles. The number of piperidine rings is 1. The fraction of sp³-hybridized carbons (Fsp3) is 1.00. The van der Waals surface area contributed by atoms with Crippen molar-refractivity contribution in [2.75, 3.05) is 13.1 Å². The van der Waals surface area contributed by atoms with Gasteiger partial charge in [-0.25, -0.2) is 3.11 Å². The summed E-state index contributed by atoms with van der Waals surface area (Å²) in [6, 6.07) is 0. The zero-order chi connectivity index (χ0) is 6.69. The Labute approximate surface area is 83.5 Å². The van der Waals surface area contributed by atoms with Crippen LogP contribution < -0.4 is 0 Å². The minimum Gasteiger partial charge on any atom is -0.312 e. The van der Waals surface area contributed by atoms with E-state index in [-0.39, 0.29) is 0 Å². The summed E-state index contributed by atoms with van der Waals surface area (Å²) in [5, 5.41) is 0. The second kappa shape index (κ2) is 4.30. The van der Waals surface area contributed by atoms with Gasteiger partial charge in [0, 0.05) is 36.0 Å². The summed E-state index contributed by atoms with van der Waals surface area (Å²) in [4.78, 5) is 0. The van der Waals surface area contributed by atoms with E-state index in [0.29, 0.717) is 6.10 Å². The first-order valence-electron chi connectivity index (χ1n) is 3.01. The van der Waals surface area contributed by atoms with Crippen LogP contribution >= 0.6 is 45.9 Å². The Kier molecular flexibility index (Phi) is 4.05. The summed E-state index contributed by atoms with van der Waals surface area (Å²) in [5.74, 6) is 0. The largest absolute Gasteiger partial charge is 0.312 e. The Morgan fingerprint density at radius 3 is 2.33 bits per heavy atom. The molecule has 0 unspecified atom stereocenters. The van der Waals surface area contributed by atoms with Crippen molar-refractivity contribution in [1.82, 2.24) is 3.11 Å². The van der Waals surface area contributed by atoms with Crippen LogP contribution in [0.5, 0.6) is 0 Å². The monoisotopic (exact) mass is 353 g/mol. The Balaban J connectivity index is 2.18. The van der Waals surface area contributed by atoms with Gasteiger partial charge in [-0.1, -0.05) is 0 Å². The third kappa shape index (κ3) is 2.85. The second-order valence-electron chi connectivity index (χ2n) is 2.20. The van der Waals surface area contributed by atoms with E-state index in [0.717, 1.165) is 0 Å². The molecule has 1 aliphatic rings. The molecule has 2 nitrogen and oxygen atoms in total. The van der Waals surface area contributed by atoms with Gasteiger partial charge >= 0.3 is 0 Å². The van der Waals surface area contributed by atoms with Crippen LogP contribution in [0.15, 0.2) is 0 Å². The van der Waals surface area contributed by atoms with E-state index in [9.17, 15) is 0 Å². The predicted octanol–water partition coefficient (Wildman–Crippen LogP) is 2.17. The van der Waals surface area contributed by atoms with Crippen LogP contribution in [-0.2, 0) is 3.07 Å². The molecule has 0 aromatic carbocycles. The molecule has 9 heavy (non-hydrogen) atoms. The van der Waals surface area contributed by atoms with Crippen molar-refractivity contribution >= 4 is 45.9 Å². The van der Waals surface area contributed by atoms with Crippen LogP contribution in [0.25, 0.3) is 0 Å². The zero-order valence-corrected chi connectivity index (χ0v) is 9.33. The average Bonchev–Trinajstić information content (AvgIpc) is 1.90. The number of hydrogen-bond donors (Lipinski definition) is 0. The van der Waals surface area contributed by atoms with Crippen molar-refractivity contribution in [2.45, 2.75) is 18.9 Å². The van der Waals surface area contributed by atoms with Crippen molar-refractivity contribution in [3.8, 4) is 0 Å². The third-order valence-corrected chi connectivity index (χ3v) is 3.20. The third-order valence-electron chi connectivity index (χ3n) is 1.51. The van der Waals surface area contributed by atoms with Crippen LogP contribution in [0.1, 0.15) is 12.8 Å². The molecule has 0 aromatic heterocycles. The van der Waals surface area contributed by atoms with Gasteiger partial charge in [0.05, 0.1) is 6.10 Å². The lowest BCUT2D eigenvalue weighted by Crippen LogP contribution is -2.29. The summed E-state index contributed by atoms with van der Waals surface area (Å²) in [5.41, 5.74) is 0. The van der Waals surface area contributed by atoms with Gasteiger partial charge in [0.25, 0.3) is 0 Å². The lowest BCUT2D eigenvalue weighted by Gasteiger charge is -2.25. The molecule has 1 fully saturated rings. The number of rotatable bonds is 1. The molecule has 1 saturated heterocycles. The van der Waals surface area contributed by atoms with Gasteiger partial charge in [0.2, 0.25) is 0 Å². The van der Waals surface area contributed by atoms with Gasteiger partial charge in [-0.2, -0.15) is 0 Å². The van der Waals surface area contributed by atoms with E-state index in [2.05, 4.69) is 26.0 Å². The first kappa shape index (κ1) is 8.48. The smallest absolute Gasteiger partial charge is 0.110 e. The lowest BCUT2D eigenvalue weighted by molar-refractivity contribution is 0.197. The average molecular weight is 353 g/mol. The molecule has 1 rings (SSSR count). The van der Waals surface area contributed by atoms with Crippen LogP contribution in [0.4, 0.5) is 0 Å². The van der Waals surface area contributed by atoms with Crippen LogP contribution in [0, 0.1) is 0 Å². The Bertz CT molecular complexity index is 83.0. The Morgan fingerprint density at radius 2 is 1.89 bits per heavy atom. The Morgan fingerprint density at radius 1 is 1.33 bits per heavy atom. The molecule has 0 bridgehead atoms. The summed E-state index contributed by atoms with van der Waals surface area (Å²) < 4.78 is 7.49. The second-order valence-corrected chi connectivity index (χ2v) is 4.07. The molecule has 1 aliphatic heterocycles. The highest BCUT2D eigenvalue weighted by molar-refractivity contribution is 14.1. The van der Waals surface area contributed by atoms with Crippen molar-refractivity contribution in [3.05, 3.63) is 0 Å². The zero-order valence-electron chi connectivity index (χ0n) is 5.02. The fourth-order valence-electron chi connectivity index (χ4n) is 0.913. The van der Waals surface area contributed by atoms with Crippen LogP contribution in [0.2, 0.25) is 0 Å². The minimum atomic E-state index is 0.511. The Hall–Kier alpha value is 1.38. The van der Waals surface area contributed by atoms with Gasteiger partial charge < -0.3 is 3.07 Å². The van der Waals surface area contributed by atoms with E-state index in [1.54, 1.807) is 0 Å². The first-order valence-corrected chi connectivity index (χ1v) is 4.85. The molecular weight excluding hydrogens is 344 g/mol. The highest BCUT2D eigenvalue weighted by Gasteiger charge is 2.16. The van der Waals surface area contributed by atoms with Crippen molar-refractivity contribution < 1.29 is 3.07 Å². The SMILES string of the molecule is IOC1CCN(I)CC1. The van der Waals surface area contributed by atoms with E-state index >= 15 is 0 Å². The molecular formula is C5H9I2NO. The number of hydrogen-bond acceptors (Lipinski definition) is 2. The van der Waals surface area contributed by atoms with Crippen molar-refractivity contribution in [3.63, 3.8) is 0 Å². The van der Waals surface area contributed by atoms with Crippen LogP contribution in [0.3, 0.4) is 0 Å². The van der Waals surface area contributed by atoms with Gasteiger partial charge in [-0.3, -0.25) is 0 Å². The molecule has 0 radical (unpaired) electrons. The molecule has 0 atom stereocenters. The maximum Gasteiger partial charge on any atom is 0.110 e. The van der Waals surface area contributed by atoms with Gasteiger partial charge in [-0.15, -0.1) is 0 Å². The maximum absolute atomic E-state index is 5.18. The summed E-state index contributed by atoms with van der Waals surface area (Å²) in [7, 11) is 0. The van der Waals surface area contributed by atoms with Gasteiger partial charge in [-0.05, 0) is 12.8 Å². The fourth-order valence-corrected chi connectivity index (χ4v) is 1.98. The highest BCUT2D eigenvalue weighted by atomic mass is 127. The molecule has 0 N–H and O–H groups in total. The molecule has 54 valence electrons. The molecule has 0 aromatic rings. The topological polar surface area (TPSA) is 12.5 Å². The van der Waals surface area contributed by atoms with E-state index in [1.807, 2.05) is 23.0 Å². The van der Waals surface area contributed by atoms with Gasteiger partial charge in [0.15, 0.2) is 0 Å². The number of nitrogens with zero attached hydrogens (tertiary/aromatic N) is 1. The minimum absolute atomic E-state index is 0.511. The van der Waals surface area contributed by atoms with E-state index in [1.165, 1.54) is 25.9 Å². The predicted molar refractivity (Wildman–Crippen MR) is 53.7 cm³/mol. The maximum atomic E-state index is 5.18. The quantitative estimate of drug-likeness (QED) is 0.529.